The summed E-state index contributed by atoms with van der Waals surface area (Å²) in [5.74, 6) is -0.0592. The van der Waals surface area contributed by atoms with Crippen LogP contribution in [0.25, 0.3) is 11.1 Å². The Balaban J connectivity index is 1.28. The predicted octanol–water partition coefficient (Wildman–Crippen LogP) is 2.96. The number of rotatable bonds is 8. The van der Waals surface area contributed by atoms with Gasteiger partial charge < -0.3 is 18.8 Å². The monoisotopic (exact) mass is 501 g/mol. The average molecular weight is 502 g/mol. The van der Waals surface area contributed by atoms with Gasteiger partial charge in [-0.2, -0.15) is 5.26 Å². The molecule has 0 spiro atoms. The molecule has 0 radical (unpaired) electrons. The molecule has 0 aliphatic carbocycles. The lowest BCUT2D eigenvalue weighted by atomic mass is 9.99. The molecule has 1 aromatic heterocycles. The molecule has 1 aliphatic heterocycles. The average Bonchev–Trinajstić information content (AvgIpc) is 2.92. The zero-order chi connectivity index (χ0) is 26.2. The molecule has 190 valence electrons. The lowest BCUT2D eigenvalue weighted by molar-refractivity contribution is -0.151. The van der Waals surface area contributed by atoms with Crippen LogP contribution in [0.1, 0.15) is 23.8 Å². The number of ether oxygens (including phenoxy) is 2. The molecule has 2 aromatic carbocycles. The van der Waals surface area contributed by atoms with E-state index in [2.05, 4.69) is 11.0 Å². The first kappa shape index (κ1) is 25.7. The van der Waals surface area contributed by atoms with Crippen LogP contribution in [0.5, 0.6) is 5.75 Å². The van der Waals surface area contributed by atoms with Crippen LogP contribution in [0.15, 0.2) is 70.1 Å². The van der Waals surface area contributed by atoms with Gasteiger partial charge in [0.15, 0.2) is 6.61 Å². The predicted molar refractivity (Wildman–Crippen MR) is 134 cm³/mol. The van der Waals surface area contributed by atoms with E-state index >= 15 is 0 Å². The molecule has 0 saturated carbocycles. The van der Waals surface area contributed by atoms with Gasteiger partial charge in [0.25, 0.3) is 5.91 Å². The second-order valence-corrected chi connectivity index (χ2v) is 8.66. The summed E-state index contributed by atoms with van der Waals surface area (Å²) in [5.41, 5.74) is 3.01. The molecule has 1 amide bonds. The fourth-order valence-corrected chi connectivity index (χ4v) is 4.03. The van der Waals surface area contributed by atoms with Crippen molar-refractivity contribution in [3.05, 3.63) is 88.0 Å². The maximum Gasteiger partial charge on any atom is 0.303 e. The van der Waals surface area contributed by atoms with Crippen molar-refractivity contribution in [2.45, 2.75) is 20.1 Å². The molecule has 1 fully saturated rings. The van der Waals surface area contributed by atoms with Gasteiger partial charge in [-0.15, -0.1) is 0 Å². The quantitative estimate of drug-likeness (QED) is 0.433. The summed E-state index contributed by atoms with van der Waals surface area (Å²) in [6, 6.07) is 18.7. The van der Waals surface area contributed by atoms with Crippen LogP contribution in [0.4, 0.5) is 0 Å². The molecular formula is C28H27N3O6. The molecule has 1 saturated heterocycles. The Hall–Kier alpha value is -4.42. The maximum atomic E-state index is 12.6. The van der Waals surface area contributed by atoms with E-state index in [0.717, 1.165) is 16.7 Å². The van der Waals surface area contributed by atoms with E-state index in [0.29, 0.717) is 44.0 Å². The number of hydrogen-bond acceptors (Lipinski definition) is 8. The molecule has 2 heterocycles. The van der Waals surface area contributed by atoms with E-state index in [1.165, 1.54) is 19.3 Å². The molecule has 1 aliphatic rings. The highest BCUT2D eigenvalue weighted by Crippen LogP contribution is 2.24. The van der Waals surface area contributed by atoms with Crippen molar-refractivity contribution in [1.29, 1.82) is 5.26 Å². The van der Waals surface area contributed by atoms with Crippen LogP contribution in [-0.4, -0.2) is 54.5 Å². The van der Waals surface area contributed by atoms with Crippen LogP contribution >= 0.6 is 0 Å². The molecule has 37 heavy (non-hydrogen) atoms. The summed E-state index contributed by atoms with van der Waals surface area (Å²) in [6.45, 7) is 3.90. The van der Waals surface area contributed by atoms with Gasteiger partial charge in [-0.3, -0.25) is 19.3 Å². The number of amides is 1. The third-order valence-corrected chi connectivity index (χ3v) is 6.06. The Morgan fingerprint density at radius 3 is 2.46 bits per heavy atom. The Kier molecular flexibility index (Phi) is 8.33. The molecule has 4 rings (SSSR count). The van der Waals surface area contributed by atoms with Crippen molar-refractivity contribution in [2.24, 2.45) is 0 Å². The highest BCUT2D eigenvalue weighted by molar-refractivity contribution is 5.80. The van der Waals surface area contributed by atoms with Gasteiger partial charge >= 0.3 is 5.97 Å². The van der Waals surface area contributed by atoms with Gasteiger partial charge in [-0.05, 0) is 22.8 Å². The third-order valence-electron chi connectivity index (χ3n) is 6.06. The first-order valence-corrected chi connectivity index (χ1v) is 11.9. The highest BCUT2D eigenvalue weighted by Gasteiger charge is 2.22. The topological polar surface area (TPSA) is 113 Å². The number of benzene rings is 2. The minimum Gasteiger partial charge on any atom is -0.482 e. The third kappa shape index (κ3) is 6.84. The number of esters is 1. The SMILES string of the molecule is CC(=O)OCC(=O)N1CCN(Cc2cc(=O)c(OCc3ccc(-c4ccccc4C#N)cc3)co2)CC1. The fourth-order valence-electron chi connectivity index (χ4n) is 4.03. The minimum atomic E-state index is -0.481. The van der Waals surface area contributed by atoms with Crippen molar-refractivity contribution in [3.8, 4) is 22.9 Å². The molecule has 0 atom stereocenters. The molecule has 9 nitrogen and oxygen atoms in total. The zero-order valence-electron chi connectivity index (χ0n) is 20.5. The first-order chi connectivity index (χ1) is 17.9. The van der Waals surface area contributed by atoms with E-state index in [1.54, 1.807) is 11.0 Å². The van der Waals surface area contributed by atoms with E-state index in [-0.39, 0.29) is 30.3 Å². The zero-order valence-corrected chi connectivity index (χ0v) is 20.5. The molecule has 0 unspecified atom stereocenters. The smallest absolute Gasteiger partial charge is 0.303 e. The van der Waals surface area contributed by atoms with Crippen molar-refractivity contribution >= 4 is 11.9 Å². The molecule has 9 heteroatoms. The largest absolute Gasteiger partial charge is 0.482 e. The van der Waals surface area contributed by atoms with Gasteiger partial charge in [0, 0.05) is 39.2 Å². The van der Waals surface area contributed by atoms with Crippen molar-refractivity contribution in [2.75, 3.05) is 32.8 Å². The Morgan fingerprint density at radius 1 is 1.05 bits per heavy atom. The van der Waals surface area contributed by atoms with Crippen molar-refractivity contribution < 1.29 is 23.5 Å². The lowest BCUT2D eigenvalue weighted by Crippen LogP contribution is -2.49. The van der Waals surface area contributed by atoms with E-state index in [1.807, 2.05) is 42.5 Å². The standard InChI is InChI=1S/C28H27N3O6/c1-20(32)35-19-28(34)31-12-10-30(11-13-31)16-24-14-26(33)27(18-36-24)37-17-21-6-8-22(9-7-21)25-5-3-2-4-23(25)15-29/h2-9,14,18H,10-13,16-17,19H2,1H3. The Bertz CT molecular complexity index is 1350. The lowest BCUT2D eigenvalue weighted by Gasteiger charge is -2.34. The van der Waals surface area contributed by atoms with Gasteiger partial charge in [-0.1, -0.05) is 42.5 Å². The molecule has 0 N–H and O–H groups in total. The number of hydrogen-bond donors (Lipinski definition) is 0. The molecule has 0 bridgehead atoms. The highest BCUT2D eigenvalue weighted by atomic mass is 16.5. The number of nitriles is 1. The van der Waals surface area contributed by atoms with Crippen molar-refractivity contribution in [3.63, 3.8) is 0 Å². The van der Waals surface area contributed by atoms with Crippen LogP contribution in [0, 0.1) is 11.3 Å². The van der Waals surface area contributed by atoms with E-state index in [4.69, 9.17) is 13.9 Å². The summed E-state index contributed by atoms with van der Waals surface area (Å²) in [4.78, 5) is 39.2. The van der Waals surface area contributed by atoms with Crippen molar-refractivity contribution in [1.82, 2.24) is 9.80 Å². The fraction of sp³-hybridized carbons (Fsp3) is 0.286. The van der Waals surface area contributed by atoms with Gasteiger partial charge in [0.1, 0.15) is 18.6 Å². The summed E-state index contributed by atoms with van der Waals surface area (Å²) in [5, 5.41) is 9.31. The molecule has 3 aromatic rings. The number of carbonyl (C=O) groups excluding carboxylic acids is 2. The van der Waals surface area contributed by atoms with Crippen LogP contribution in [0.3, 0.4) is 0 Å². The van der Waals surface area contributed by atoms with Gasteiger partial charge in [-0.25, -0.2) is 0 Å². The summed E-state index contributed by atoms with van der Waals surface area (Å²) < 4.78 is 16.1. The number of carbonyl (C=O) groups is 2. The number of nitrogens with zero attached hydrogens (tertiary/aromatic N) is 3. The van der Waals surface area contributed by atoms with Gasteiger partial charge in [0.2, 0.25) is 11.2 Å². The number of piperazine rings is 1. The second-order valence-electron chi connectivity index (χ2n) is 8.66. The van der Waals surface area contributed by atoms with Gasteiger partial charge in [0.05, 0.1) is 18.2 Å². The van der Waals surface area contributed by atoms with E-state index in [9.17, 15) is 19.6 Å². The maximum absolute atomic E-state index is 12.6. The summed E-state index contributed by atoms with van der Waals surface area (Å²) >= 11 is 0. The van der Waals surface area contributed by atoms with E-state index < -0.39 is 5.97 Å². The Labute approximate surface area is 214 Å². The van der Waals surface area contributed by atoms with Crippen LogP contribution in [0.2, 0.25) is 0 Å². The van der Waals surface area contributed by atoms with Crippen LogP contribution in [-0.2, 0) is 27.5 Å². The minimum absolute atomic E-state index is 0.128. The second kappa shape index (κ2) is 12.0. The molecular weight excluding hydrogens is 474 g/mol. The Morgan fingerprint density at radius 2 is 1.78 bits per heavy atom. The van der Waals surface area contributed by atoms with Crippen LogP contribution < -0.4 is 10.2 Å². The summed E-state index contributed by atoms with van der Waals surface area (Å²) in [6.07, 6.45) is 1.33. The summed E-state index contributed by atoms with van der Waals surface area (Å²) in [7, 11) is 0. The first-order valence-electron chi connectivity index (χ1n) is 11.9. The normalized spacial score (nSPS) is 13.6.